The number of nitrogens with zero attached hydrogens (tertiary/aromatic N) is 1. The zero-order valence-corrected chi connectivity index (χ0v) is 12.2. The lowest BCUT2D eigenvalue weighted by atomic mass is 10.1. The van der Waals surface area contributed by atoms with E-state index in [0.717, 1.165) is 11.3 Å². The summed E-state index contributed by atoms with van der Waals surface area (Å²) in [5, 5.41) is 0. The summed E-state index contributed by atoms with van der Waals surface area (Å²) in [6.07, 6.45) is 1.79. The molecule has 0 unspecified atom stereocenters. The molecule has 0 aliphatic carbocycles. The van der Waals surface area contributed by atoms with Gasteiger partial charge in [-0.2, -0.15) is 0 Å². The van der Waals surface area contributed by atoms with Gasteiger partial charge in [0.05, 0.1) is 5.69 Å². The van der Waals surface area contributed by atoms with Crippen LogP contribution in [-0.2, 0) is 4.79 Å². The van der Waals surface area contributed by atoms with Crippen LogP contribution in [0, 0.1) is 13.8 Å². The predicted octanol–water partition coefficient (Wildman–Crippen LogP) is 2.92. The maximum Gasteiger partial charge on any atom is 0.255 e. The van der Waals surface area contributed by atoms with Crippen LogP contribution in [0.5, 0.6) is 5.75 Å². The maximum atomic E-state index is 10.6. The smallest absolute Gasteiger partial charge is 0.255 e. The molecule has 0 bridgehead atoms. The molecule has 108 valence electrons. The highest BCUT2D eigenvalue weighted by Crippen LogP contribution is 2.17. The zero-order valence-electron chi connectivity index (χ0n) is 12.2. The lowest BCUT2D eigenvalue weighted by molar-refractivity contribution is -0.119. The molecular formula is C17H18N2O2. The molecule has 2 aromatic carbocycles. The minimum Gasteiger partial charge on any atom is -0.484 e. The first kappa shape index (κ1) is 14.8. The first-order valence-corrected chi connectivity index (χ1v) is 6.67. The molecule has 0 aliphatic heterocycles. The first-order valence-electron chi connectivity index (χ1n) is 6.67. The zero-order chi connectivity index (χ0) is 15.2. The number of carbonyl (C=O) groups excluding carboxylic acids is 1. The van der Waals surface area contributed by atoms with Crippen LogP contribution in [0.3, 0.4) is 0 Å². The summed E-state index contributed by atoms with van der Waals surface area (Å²) in [5.41, 5.74) is 9.38. The van der Waals surface area contributed by atoms with E-state index in [2.05, 4.69) is 31.0 Å². The molecule has 4 heteroatoms. The Morgan fingerprint density at radius 2 is 1.86 bits per heavy atom. The summed E-state index contributed by atoms with van der Waals surface area (Å²) >= 11 is 0. The number of carbonyl (C=O) groups is 1. The average Bonchev–Trinajstić information content (AvgIpc) is 2.47. The van der Waals surface area contributed by atoms with E-state index in [-0.39, 0.29) is 6.61 Å². The van der Waals surface area contributed by atoms with Crippen LogP contribution >= 0.6 is 0 Å². The molecule has 0 radical (unpaired) electrons. The molecule has 0 saturated carbocycles. The number of nitrogens with two attached hydrogens (primary N) is 1. The Kier molecular flexibility index (Phi) is 4.72. The molecule has 0 fully saturated rings. The Morgan fingerprint density at radius 3 is 2.48 bits per heavy atom. The number of primary amides is 1. The van der Waals surface area contributed by atoms with Crippen molar-refractivity contribution in [1.82, 2.24) is 0 Å². The highest BCUT2D eigenvalue weighted by molar-refractivity contribution is 5.82. The Labute approximate surface area is 124 Å². The van der Waals surface area contributed by atoms with E-state index < -0.39 is 5.91 Å². The van der Waals surface area contributed by atoms with Crippen LogP contribution in [0.1, 0.15) is 16.7 Å². The minimum absolute atomic E-state index is 0.115. The number of aryl methyl sites for hydroxylation is 2. The number of aliphatic imine (C=N–C) groups is 1. The van der Waals surface area contributed by atoms with Gasteiger partial charge in [-0.25, -0.2) is 0 Å². The van der Waals surface area contributed by atoms with Crippen LogP contribution in [0.4, 0.5) is 5.69 Å². The number of hydrogen-bond donors (Lipinski definition) is 1. The molecule has 0 aliphatic rings. The maximum absolute atomic E-state index is 10.6. The third-order valence-corrected chi connectivity index (χ3v) is 3.11. The van der Waals surface area contributed by atoms with Gasteiger partial charge < -0.3 is 10.5 Å². The predicted molar refractivity (Wildman–Crippen MR) is 84.3 cm³/mol. The summed E-state index contributed by atoms with van der Waals surface area (Å²) in [6.45, 7) is 4.03. The molecule has 0 spiro atoms. The fourth-order valence-corrected chi connectivity index (χ4v) is 1.76. The molecule has 2 rings (SSSR count). The highest BCUT2D eigenvalue weighted by Gasteiger charge is 1.98. The summed E-state index contributed by atoms with van der Waals surface area (Å²) in [7, 11) is 0. The summed E-state index contributed by atoms with van der Waals surface area (Å²) in [5.74, 6) is 0.118. The Morgan fingerprint density at radius 1 is 1.14 bits per heavy atom. The minimum atomic E-state index is -0.490. The van der Waals surface area contributed by atoms with Crippen LogP contribution in [-0.4, -0.2) is 18.7 Å². The van der Waals surface area contributed by atoms with Crippen molar-refractivity contribution in [2.45, 2.75) is 13.8 Å². The van der Waals surface area contributed by atoms with Crippen LogP contribution in [0.25, 0.3) is 0 Å². The Bertz CT molecular complexity index is 661. The summed E-state index contributed by atoms with van der Waals surface area (Å²) < 4.78 is 5.20. The van der Waals surface area contributed by atoms with Gasteiger partial charge in [-0.1, -0.05) is 6.07 Å². The third kappa shape index (κ3) is 4.45. The van der Waals surface area contributed by atoms with E-state index in [0.29, 0.717) is 5.75 Å². The van der Waals surface area contributed by atoms with Gasteiger partial charge in [-0.15, -0.1) is 0 Å². The Hall–Kier alpha value is -2.62. The second kappa shape index (κ2) is 6.70. The molecule has 4 nitrogen and oxygen atoms in total. The molecular weight excluding hydrogens is 264 g/mol. The molecule has 1 amide bonds. The quantitative estimate of drug-likeness (QED) is 0.857. The molecule has 2 aromatic rings. The van der Waals surface area contributed by atoms with Crippen molar-refractivity contribution in [2.75, 3.05) is 6.61 Å². The van der Waals surface area contributed by atoms with Crippen LogP contribution < -0.4 is 10.5 Å². The lowest BCUT2D eigenvalue weighted by Crippen LogP contribution is -2.19. The van der Waals surface area contributed by atoms with E-state index in [1.54, 1.807) is 18.3 Å². The molecule has 0 atom stereocenters. The van der Waals surface area contributed by atoms with Gasteiger partial charge in [0, 0.05) is 6.21 Å². The van der Waals surface area contributed by atoms with Crippen molar-refractivity contribution in [3.8, 4) is 5.75 Å². The van der Waals surface area contributed by atoms with Crippen molar-refractivity contribution >= 4 is 17.8 Å². The van der Waals surface area contributed by atoms with Crippen molar-refractivity contribution in [2.24, 2.45) is 10.7 Å². The topological polar surface area (TPSA) is 64.7 Å². The summed E-state index contributed by atoms with van der Waals surface area (Å²) in [4.78, 5) is 15.1. The SMILES string of the molecule is Cc1ccc(/N=C/c2ccc(OCC(N)=O)cc2)cc1C. The fraction of sp³-hybridized carbons (Fsp3) is 0.176. The Balaban J connectivity index is 2.03. The van der Waals surface area contributed by atoms with Gasteiger partial charge >= 0.3 is 0 Å². The standard InChI is InChI=1S/C17H18N2O2/c1-12-3-6-15(9-13(12)2)19-10-14-4-7-16(8-5-14)21-11-17(18)20/h3-10H,11H2,1-2H3,(H2,18,20)/b19-10+. The fourth-order valence-electron chi connectivity index (χ4n) is 1.76. The first-order chi connectivity index (χ1) is 10.0. The van der Waals surface area contributed by atoms with E-state index in [4.69, 9.17) is 10.5 Å². The summed E-state index contributed by atoms with van der Waals surface area (Å²) in [6, 6.07) is 13.4. The molecule has 0 saturated heterocycles. The van der Waals surface area contributed by atoms with E-state index in [9.17, 15) is 4.79 Å². The number of benzene rings is 2. The van der Waals surface area contributed by atoms with Crippen molar-refractivity contribution in [3.63, 3.8) is 0 Å². The monoisotopic (exact) mass is 282 g/mol. The van der Waals surface area contributed by atoms with Gasteiger partial charge in [-0.3, -0.25) is 9.79 Å². The van der Waals surface area contributed by atoms with Gasteiger partial charge in [0.1, 0.15) is 5.75 Å². The van der Waals surface area contributed by atoms with Gasteiger partial charge in [0.15, 0.2) is 6.61 Å². The molecule has 2 N–H and O–H groups in total. The van der Waals surface area contributed by atoms with E-state index in [1.165, 1.54) is 11.1 Å². The van der Waals surface area contributed by atoms with Crippen LogP contribution in [0.15, 0.2) is 47.5 Å². The molecule has 21 heavy (non-hydrogen) atoms. The van der Waals surface area contributed by atoms with Gasteiger partial charge in [-0.05, 0) is 66.9 Å². The van der Waals surface area contributed by atoms with Crippen molar-refractivity contribution < 1.29 is 9.53 Å². The number of rotatable bonds is 5. The van der Waals surface area contributed by atoms with Crippen molar-refractivity contribution in [3.05, 3.63) is 59.2 Å². The van der Waals surface area contributed by atoms with Gasteiger partial charge in [0.25, 0.3) is 5.91 Å². The number of hydrogen-bond acceptors (Lipinski definition) is 3. The second-order valence-corrected chi connectivity index (χ2v) is 4.85. The third-order valence-electron chi connectivity index (χ3n) is 3.11. The second-order valence-electron chi connectivity index (χ2n) is 4.85. The lowest BCUT2D eigenvalue weighted by Gasteiger charge is -2.03. The average molecular weight is 282 g/mol. The number of amides is 1. The van der Waals surface area contributed by atoms with Crippen LogP contribution in [0.2, 0.25) is 0 Å². The molecule has 0 aromatic heterocycles. The highest BCUT2D eigenvalue weighted by atomic mass is 16.5. The van der Waals surface area contributed by atoms with E-state index in [1.807, 2.05) is 18.2 Å². The largest absolute Gasteiger partial charge is 0.484 e. The number of ether oxygens (including phenoxy) is 1. The normalized spacial score (nSPS) is 10.8. The van der Waals surface area contributed by atoms with Crippen molar-refractivity contribution in [1.29, 1.82) is 0 Å². The van der Waals surface area contributed by atoms with Gasteiger partial charge in [0.2, 0.25) is 0 Å². The molecule has 0 heterocycles. The van der Waals surface area contributed by atoms with E-state index >= 15 is 0 Å².